The van der Waals surface area contributed by atoms with Gasteiger partial charge >= 0.3 is 0 Å². The molecule has 0 aromatic heterocycles. The van der Waals surface area contributed by atoms with Gasteiger partial charge in [0.1, 0.15) is 11.6 Å². The zero-order chi connectivity index (χ0) is 22.7. The molecule has 1 saturated heterocycles. The molecule has 1 aliphatic heterocycles. The number of benzene rings is 2. The fourth-order valence-corrected chi connectivity index (χ4v) is 5.01. The average molecular weight is 435 g/mol. The number of hydrogen-bond acceptors (Lipinski definition) is 3. The number of amidine groups is 1. The largest absolute Gasteiger partial charge is 0.616 e. The highest BCUT2D eigenvalue weighted by Crippen LogP contribution is 2.35. The summed E-state index contributed by atoms with van der Waals surface area (Å²) in [6, 6.07) is 12.3. The van der Waals surface area contributed by atoms with Crippen LogP contribution in [0.15, 0.2) is 36.4 Å². The Bertz CT molecular complexity index is 1070. The lowest BCUT2D eigenvalue weighted by Crippen LogP contribution is -2.48. The predicted octanol–water partition coefficient (Wildman–Crippen LogP) is 4.87. The third-order valence-electron chi connectivity index (χ3n) is 6.00. The second-order valence-electron chi connectivity index (χ2n) is 8.29. The summed E-state index contributed by atoms with van der Waals surface area (Å²) in [5.74, 6) is 6.66. The summed E-state index contributed by atoms with van der Waals surface area (Å²) in [5.41, 5.74) is 6.46. The molecule has 5 heteroatoms. The van der Waals surface area contributed by atoms with Crippen LogP contribution in [0.5, 0.6) is 0 Å². The first kappa shape index (κ1) is 23.1. The molecule has 0 aliphatic carbocycles. The molecule has 31 heavy (non-hydrogen) atoms. The van der Waals surface area contributed by atoms with Gasteiger partial charge in [-0.25, -0.2) is 0 Å². The van der Waals surface area contributed by atoms with E-state index in [0.29, 0.717) is 17.5 Å². The summed E-state index contributed by atoms with van der Waals surface area (Å²) < 4.78 is 12.5. The van der Waals surface area contributed by atoms with Crippen molar-refractivity contribution in [3.8, 4) is 23.0 Å². The summed E-state index contributed by atoms with van der Waals surface area (Å²) in [4.78, 5) is 11.3. The van der Waals surface area contributed by atoms with Crippen LogP contribution in [0.25, 0.3) is 11.1 Å². The summed E-state index contributed by atoms with van der Waals surface area (Å²) in [7, 11) is 0. The molecular formula is C26H30N2O2S. The van der Waals surface area contributed by atoms with Gasteiger partial charge in [0.2, 0.25) is 5.78 Å². The van der Waals surface area contributed by atoms with Crippen LogP contribution in [-0.4, -0.2) is 27.2 Å². The smallest absolute Gasteiger partial charge is 0.202 e. The second kappa shape index (κ2) is 9.72. The molecule has 0 saturated carbocycles. The maximum absolute atomic E-state index is 12.5. The first-order valence-electron chi connectivity index (χ1n) is 10.7. The van der Waals surface area contributed by atoms with Gasteiger partial charge in [-0.1, -0.05) is 38.0 Å². The topological polar surface area (TPSA) is 76.0 Å². The number of hydrogen-bond donors (Lipinski definition) is 2. The van der Waals surface area contributed by atoms with Crippen molar-refractivity contribution < 1.29 is 9.35 Å². The van der Waals surface area contributed by atoms with E-state index in [1.54, 1.807) is 0 Å². The minimum Gasteiger partial charge on any atom is -0.616 e. The Morgan fingerprint density at radius 1 is 1.29 bits per heavy atom. The molecule has 0 amide bonds. The Kier molecular flexibility index (Phi) is 7.25. The third-order valence-corrected chi connectivity index (χ3v) is 7.68. The van der Waals surface area contributed by atoms with E-state index in [0.717, 1.165) is 34.2 Å². The van der Waals surface area contributed by atoms with Crippen molar-refractivity contribution in [3.05, 3.63) is 58.7 Å². The zero-order valence-corrected chi connectivity index (χ0v) is 19.7. The van der Waals surface area contributed by atoms with Gasteiger partial charge in [-0.3, -0.25) is 10.2 Å². The van der Waals surface area contributed by atoms with Gasteiger partial charge in [0, 0.05) is 12.5 Å². The molecule has 0 radical (unpaired) electrons. The minimum absolute atomic E-state index is 0.142. The van der Waals surface area contributed by atoms with Crippen molar-refractivity contribution in [3.63, 3.8) is 0 Å². The monoisotopic (exact) mass is 434 g/mol. The Morgan fingerprint density at radius 3 is 2.68 bits per heavy atom. The molecule has 2 aromatic carbocycles. The maximum atomic E-state index is 12.5. The highest BCUT2D eigenvalue weighted by atomic mass is 32.2. The molecular weight excluding hydrogens is 404 g/mol. The van der Waals surface area contributed by atoms with Gasteiger partial charge in [-0.05, 0) is 89.3 Å². The van der Waals surface area contributed by atoms with E-state index in [4.69, 9.17) is 5.41 Å². The minimum atomic E-state index is -1.06. The lowest BCUT2D eigenvalue weighted by atomic mass is 9.86. The van der Waals surface area contributed by atoms with Crippen molar-refractivity contribution >= 4 is 22.8 Å². The van der Waals surface area contributed by atoms with Crippen molar-refractivity contribution in [1.29, 1.82) is 5.41 Å². The van der Waals surface area contributed by atoms with Gasteiger partial charge in [0.25, 0.3) is 0 Å². The number of rotatable bonds is 4. The maximum Gasteiger partial charge on any atom is 0.202 e. The standard InChI is InChI=1S/C26H30N2O2S/c1-6-16(2)22-12-10-20(9-8-18(4)29)13-24(22)23-14-21(11-7-17(23)3)25-15-31(30)19(5)26(27)28-25/h7,10-14,16,19,25H,6,15H2,1-5H3,(H2,27,28). The highest BCUT2D eigenvalue weighted by Gasteiger charge is 2.34. The Morgan fingerprint density at radius 2 is 2.03 bits per heavy atom. The molecule has 1 heterocycles. The average Bonchev–Trinajstić information content (AvgIpc) is 2.75. The second-order valence-corrected chi connectivity index (χ2v) is 10.1. The fraction of sp³-hybridized carbons (Fsp3) is 0.385. The normalized spacial score (nSPS) is 21.6. The summed E-state index contributed by atoms with van der Waals surface area (Å²) in [6.45, 7) is 9.77. The van der Waals surface area contributed by atoms with E-state index in [-0.39, 0.29) is 17.1 Å². The molecule has 1 fully saturated rings. The number of carbonyl (C=O) groups is 1. The van der Waals surface area contributed by atoms with Gasteiger partial charge < -0.3 is 9.87 Å². The van der Waals surface area contributed by atoms with E-state index in [2.05, 4.69) is 68.3 Å². The predicted molar refractivity (Wildman–Crippen MR) is 129 cm³/mol. The van der Waals surface area contributed by atoms with Crippen LogP contribution >= 0.6 is 0 Å². The molecule has 162 valence electrons. The molecule has 2 aromatic rings. The number of carbonyl (C=O) groups excluding carboxylic acids is 1. The van der Waals surface area contributed by atoms with Crippen molar-refractivity contribution in [2.45, 2.75) is 58.2 Å². The van der Waals surface area contributed by atoms with E-state index in [1.807, 2.05) is 13.0 Å². The number of ketones is 1. The van der Waals surface area contributed by atoms with Crippen LogP contribution in [0.1, 0.15) is 68.3 Å². The summed E-state index contributed by atoms with van der Waals surface area (Å²) >= 11 is -1.06. The molecule has 0 spiro atoms. The number of nitrogens with one attached hydrogen (secondary N) is 2. The highest BCUT2D eigenvalue weighted by molar-refractivity contribution is 7.92. The Labute approximate surface area is 188 Å². The van der Waals surface area contributed by atoms with Gasteiger partial charge in [0.05, 0.1) is 6.04 Å². The van der Waals surface area contributed by atoms with E-state index >= 15 is 0 Å². The van der Waals surface area contributed by atoms with Crippen LogP contribution in [0.4, 0.5) is 0 Å². The summed E-state index contributed by atoms with van der Waals surface area (Å²) in [5, 5.41) is 11.1. The first-order chi connectivity index (χ1) is 14.7. The molecule has 4 nitrogen and oxygen atoms in total. The van der Waals surface area contributed by atoms with Crippen LogP contribution in [0, 0.1) is 24.2 Å². The SMILES string of the molecule is CCC(C)c1ccc(C#CC(C)=O)cc1-c1cc(C2C[S+]([O-])C(C)C(=N)N2)ccc1C. The van der Waals surface area contributed by atoms with Crippen LogP contribution in [0.2, 0.25) is 0 Å². The van der Waals surface area contributed by atoms with Gasteiger partial charge in [-0.2, -0.15) is 0 Å². The fourth-order valence-electron chi connectivity index (χ4n) is 3.79. The molecule has 4 unspecified atom stereocenters. The summed E-state index contributed by atoms with van der Waals surface area (Å²) in [6.07, 6.45) is 1.02. The van der Waals surface area contributed by atoms with Crippen molar-refractivity contribution in [2.24, 2.45) is 0 Å². The molecule has 0 bridgehead atoms. The Balaban J connectivity index is 2.10. The Hall–Kier alpha value is -2.55. The number of aryl methyl sites for hydroxylation is 1. The van der Waals surface area contributed by atoms with Crippen LogP contribution in [-0.2, 0) is 16.0 Å². The molecule has 3 rings (SSSR count). The number of Topliss-reactive ketones (excluding diaryl/α,β-unsaturated/α-hetero) is 1. The molecule has 1 aliphatic rings. The molecule has 4 atom stereocenters. The van der Waals surface area contributed by atoms with E-state index in [1.165, 1.54) is 12.5 Å². The first-order valence-corrected chi connectivity index (χ1v) is 12.1. The zero-order valence-electron chi connectivity index (χ0n) is 18.8. The third kappa shape index (κ3) is 5.20. The lowest BCUT2D eigenvalue weighted by molar-refractivity contribution is -0.111. The quantitative estimate of drug-likeness (QED) is 0.532. The van der Waals surface area contributed by atoms with E-state index in [9.17, 15) is 9.35 Å². The van der Waals surface area contributed by atoms with Gasteiger partial charge in [0.15, 0.2) is 5.25 Å². The van der Waals surface area contributed by atoms with E-state index < -0.39 is 11.2 Å². The van der Waals surface area contributed by atoms with Crippen LogP contribution < -0.4 is 5.32 Å². The van der Waals surface area contributed by atoms with Crippen LogP contribution in [0.3, 0.4) is 0 Å². The molecule has 2 N–H and O–H groups in total. The van der Waals surface area contributed by atoms with Crippen molar-refractivity contribution in [1.82, 2.24) is 5.32 Å². The van der Waals surface area contributed by atoms with Crippen molar-refractivity contribution in [2.75, 3.05) is 5.75 Å². The lowest BCUT2D eigenvalue weighted by Gasteiger charge is -2.32. The van der Waals surface area contributed by atoms with Gasteiger partial charge in [-0.15, -0.1) is 0 Å².